The fourth-order valence-electron chi connectivity index (χ4n) is 4.20. The van der Waals surface area contributed by atoms with Gasteiger partial charge in [-0.1, -0.05) is 36.4 Å². The zero-order valence-corrected chi connectivity index (χ0v) is 16.7. The van der Waals surface area contributed by atoms with Crippen molar-refractivity contribution in [1.29, 1.82) is 0 Å². The van der Waals surface area contributed by atoms with Crippen LogP contribution in [-0.4, -0.2) is 48.0 Å². The molecule has 5 heteroatoms. The molecule has 0 radical (unpaired) electrons. The molecule has 0 fully saturated rings. The van der Waals surface area contributed by atoms with Crippen molar-refractivity contribution in [3.63, 3.8) is 0 Å². The van der Waals surface area contributed by atoms with Gasteiger partial charge in [0.05, 0.1) is 16.6 Å². The van der Waals surface area contributed by atoms with E-state index in [-0.39, 0.29) is 5.91 Å². The van der Waals surface area contributed by atoms with Crippen molar-refractivity contribution < 1.29 is 4.79 Å². The van der Waals surface area contributed by atoms with Gasteiger partial charge in [-0.05, 0) is 45.3 Å². The second kappa shape index (κ2) is 6.94. The van der Waals surface area contributed by atoms with E-state index in [4.69, 9.17) is 0 Å². The summed E-state index contributed by atoms with van der Waals surface area (Å²) in [5.74, 6) is -0.0347. The first-order chi connectivity index (χ1) is 14.1. The molecule has 0 saturated carbocycles. The highest BCUT2D eigenvalue weighted by molar-refractivity contribution is 6.28. The summed E-state index contributed by atoms with van der Waals surface area (Å²) in [7, 11) is 4.08. The number of nitrogens with one attached hydrogen (secondary N) is 3. The fraction of sp³-hybridized carbons (Fsp3) is 0.208. The van der Waals surface area contributed by atoms with Gasteiger partial charge in [0, 0.05) is 39.1 Å². The Morgan fingerprint density at radius 1 is 0.897 bits per heavy atom. The van der Waals surface area contributed by atoms with Gasteiger partial charge < -0.3 is 20.2 Å². The third-order valence-electron chi connectivity index (χ3n) is 5.57. The number of aromatic nitrogens is 2. The molecule has 2 aromatic heterocycles. The third kappa shape index (κ3) is 2.95. The summed E-state index contributed by atoms with van der Waals surface area (Å²) in [5.41, 5.74) is 4.77. The molecule has 5 rings (SSSR count). The number of aromatic amines is 2. The molecule has 146 valence electrons. The average molecular weight is 384 g/mol. The van der Waals surface area contributed by atoms with Crippen molar-refractivity contribution in [2.45, 2.75) is 6.42 Å². The number of para-hydroxylation sites is 2. The average Bonchev–Trinajstić information content (AvgIpc) is 3.28. The number of nitrogens with zero attached hydrogens (tertiary/aromatic N) is 1. The Labute approximate surface area is 168 Å². The predicted molar refractivity (Wildman–Crippen MR) is 121 cm³/mol. The number of benzene rings is 3. The lowest BCUT2D eigenvalue weighted by molar-refractivity contribution is 0.0954. The van der Waals surface area contributed by atoms with Crippen LogP contribution >= 0.6 is 0 Å². The van der Waals surface area contributed by atoms with Crippen LogP contribution in [0.2, 0.25) is 0 Å². The van der Waals surface area contributed by atoms with Gasteiger partial charge in [0.1, 0.15) is 0 Å². The van der Waals surface area contributed by atoms with E-state index in [1.54, 1.807) is 0 Å². The molecule has 2 heterocycles. The molecule has 0 unspecified atom stereocenters. The summed E-state index contributed by atoms with van der Waals surface area (Å²) < 4.78 is 0. The molecule has 0 spiro atoms. The first-order valence-electron chi connectivity index (χ1n) is 10.0. The second-order valence-corrected chi connectivity index (χ2v) is 7.85. The topological polar surface area (TPSA) is 63.9 Å². The molecular formula is C24H24N4O. The van der Waals surface area contributed by atoms with Gasteiger partial charge in [0.2, 0.25) is 0 Å². The summed E-state index contributed by atoms with van der Waals surface area (Å²) in [6, 6.07) is 18.5. The minimum absolute atomic E-state index is 0.0347. The standard InChI is InChI=1S/C24H24N4O/c1-28(2)13-7-12-25-24(29)18-14-17-15-8-3-5-10-19(15)26-22(17)21-16-9-4-6-11-20(16)27-23(18)21/h3-6,8-11,14,26-27H,7,12-13H2,1-2H3,(H,25,29). The molecule has 0 aliphatic carbocycles. The number of carbonyl (C=O) groups excluding carboxylic acids is 1. The smallest absolute Gasteiger partial charge is 0.253 e. The second-order valence-electron chi connectivity index (χ2n) is 7.85. The highest BCUT2D eigenvalue weighted by Gasteiger charge is 2.19. The first kappa shape index (κ1) is 17.8. The molecular weight excluding hydrogens is 360 g/mol. The molecule has 0 aliphatic rings. The monoisotopic (exact) mass is 384 g/mol. The van der Waals surface area contributed by atoms with Crippen LogP contribution in [0.5, 0.6) is 0 Å². The first-order valence-corrected chi connectivity index (χ1v) is 10.0. The third-order valence-corrected chi connectivity index (χ3v) is 5.57. The maximum Gasteiger partial charge on any atom is 0.253 e. The Hall–Kier alpha value is -3.31. The van der Waals surface area contributed by atoms with Crippen LogP contribution < -0.4 is 5.32 Å². The quantitative estimate of drug-likeness (QED) is 0.387. The number of fused-ring (bicyclic) bond motifs is 7. The lowest BCUT2D eigenvalue weighted by Crippen LogP contribution is -2.27. The number of hydrogen-bond acceptors (Lipinski definition) is 2. The largest absolute Gasteiger partial charge is 0.354 e. The molecule has 3 aromatic carbocycles. The number of amides is 1. The van der Waals surface area contributed by atoms with Crippen molar-refractivity contribution in [3.8, 4) is 0 Å². The van der Waals surface area contributed by atoms with Gasteiger partial charge in [-0.25, -0.2) is 0 Å². The number of hydrogen-bond donors (Lipinski definition) is 3. The van der Waals surface area contributed by atoms with Crippen molar-refractivity contribution in [2.24, 2.45) is 0 Å². The van der Waals surface area contributed by atoms with Crippen molar-refractivity contribution in [2.75, 3.05) is 27.2 Å². The molecule has 1 amide bonds. The molecule has 0 saturated heterocycles. The predicted octanol–water partition coefficient (Wildman–Crippen LogP) is 4.64. The molecule has 0 bridgehead atoms. The van der Waals surface area contributed by atoms with Crippen molar-refractivity contribution >= 4 is 49.5 Å². The Bertz CT molecular complexity index is 1360. The summed E-state index contributed by atoms with van der Waals surface area (Å²) in [5, 5.41) is 7.52. The van der Waals surface area contributed by atoms with Gasteiger partial charge in [-0.3, -0.25) is 4.79 Å². The van der Waals surface area contributed by atoms with E-state index in [0.29, 0.717) is 12.1 Å². The van der Waals surface area contributed by atoms with E-state index in [9.17, 15) is 4.79 Å². The lowest BCUT2D eigenvalue weighted by Gasteiger charge is -2.10. The molecule has 0 aliphatic heterocycles. The van der Waals surface area contributed by atoms with E-state index in [2.05, 4.69) is 44.5 Å². The zero-order valence-electron chi connectivity index (χ0n) is 16.7. The normalized spacial score (nSPS) is 12.0. The van der Waals surface area contributed by atoms with Gasteiger partial charge in [0.15, 0.2) is 0 Å². The highest BCUT2D eigenvalue weighted by atomic mass is 16.1. The van der Waals surface area contributed by atoms with E-state index in [1.807, 2.05) is 44.4 Å². The van der Waals surface area contributed by atoms with Gasteiger partial charge in [0.25, 0.3) is 5.91 Å². The van der Waals surface area contributed by atoms with Gasteiger partial charge >= 0.3 is 0 Å². The SMILES string of the molecule is CN(C)CCCNC(=O)c1cc2c3ccccc3[nH]c2c2c1[nH]c1ccccc12. The Morgan fingerprint density at radius 3 is 2.31 bits per heavy atom. The van der Waals surface area contributed by atoms with Crippen LogP contribution in [0, 0.1) is 0 Å². The summed E-state index contributed by atoms with van der Waals surface area (Å²) >= 11 is 0. The number of rotatable bonds is 5. The maximum atomic E-state index is 13.1. The molecule has 3 N–H and O–H groups in total. The Morgan fingerprint density at radius 2 is 1.55 bits per heavy atom. The highest BCUT2D eigenvalue weighted by Crippen LogP contribution is 2.37. The molecule has 29 heavy (non-hydrogen) atoms. The van der Waals surface area contributed by atoms with E-state index < -0.39 is 0 Å². The Balaban J connectivity index is 1.71. The summed E-state index contributed by atoms with van der Waals surface area (Å²) in [6.07, 6.45) is 0.921. The number of carbonyl (C=O) groups is 1. The zero-order chi connectivity index (χ0) is 20.0. The Kier molecular flexibility index (Phi) is 4.25. The maximum absolute atomic E-state index is 13.1. The minimum atomic E-state index is -0.0347. The van der Waals surface area contributed by atoms with E-state index in [0.717, 1.165) is 56.6 Å². The van der Waals surface area contributed by atoms with E-state index >= 15 is 0 Å². The lowest BCUT2D eigenvalue weighted by atomic mass is 10.0. The van der Waals surface area contributed by atoms with Gasteiger partial charge in [-0.15, -0.1) is 0 Å². The molecule has 5 nitrogen and oxygen atoms in total. The molecule has 0 atom stereocenters. The van der Waals surface area contributed by atoms with Crippen LogP contribution in [0.3, 0.4) is 0 Å². The number of H-pyrrole nitrogens is 2. The van der Waals surface area contributed by atoms with Crippen molar-refractivity contribution in [1.82, 2.24) is 20.2 Å². The summed E-state index contributed by atoms with van der Waals surface area (Å²) in [4.78, 5) is 22.3. The van der Waals surface area contributed by atoms with Crippen LogP contribution in [0.4, 0.5) is 0 Å². The molecule has 5 aromatic rings. The van der Waals surface area contributed by atoms with Crippen LogP contribution in [-0.2, 0) is 0 Å². The summed E-state index contributed by atoms with van der Waals surface area (Å²) in [6.45, 7) is 1.61. The van der Waals surface area contributed by atoms with Crippen LogP contribution in [0.25, 0.3) is 43.6 Å². The van der Waals surface area contributed by atoms with Crippen LogP contribution in [0.1, 0.15) is 16.8 Å². The van der Waals surface area contributed by atoms with Gasteiger partial charge in [-0.2, -0.15) is 0 Å². The fourth-order valence-corrected chi connectivity index (χ4v) is 4.20. The van der Waals surface area contributed by atoms with Crippen molar-refractivity contribution in [3.05, 3.63) is 60.2 Å². The minimum Gasteiger partial charge on any atom is -0.354 e. The van der Waals surface area contributed by atoms with E-state index in [1.165, 1.54) is 0 Å². The van der Waals surface area contributed by atoms with Crippen LogP contribution in [0.15, 0.2) is 54.6 Å².